The van der Waals surface area contributed by atoms with E-state index < -0.39 is 0 Å². The minimum absolute atomic E-state index is 0.246. The monoisotopic (exact) mass is 420 g/mol. The van der Waals surface area contributed by atoms with Gasteiger partial charge in [0, 0.05) is 10.9 Å². The van der Waals surface area contributed by atoms with Gasteiger partial charge in [-0.25, -0.2) is 4.98 Å². The standard InChI is InChI=1S/C22H16N2O3S2/c1-2-26-16-8-5-6-13-12-17(27-19(13)16)20(25)24-21-14(10-11-28-21)22-23-15-7-3-4-9-18(15)29-22/h3-12H,2H2,1H3,(H,24,25). The lowest BCUT2D eigenvalue weighted by molar-refractivity contribution is 0.0999. The fourth-order valence-electron chi connectivity index (χ4n) is 3.14. The molecular formula is C22H16N2O3S2. The molecule has 3 heterocycles. The number of nitrogens with zero attached hydrogens (tertiary/aromatic N) is 1. The Morgan fingerprint density at radius 3 is 2.93 bits per heavy atom. The highest BCUT2D eigenvalue weighted by molar-refractivity contribution is 7.22. The molecule has 0 saturated heterocycles. The van der Waals surface area contributed by atoms with Crippen LogP contribution in [0.2, 0.25) is 0 Å². The number of nitrogens with one attached hydrogen (secondary N) is 1. The maximum atomic E-state index is 12.9. The predicted molar refractivity (Wildman–Crippen MR) is 118 cm³/mol. The number of ether oxygens (including phenoxy) is 1. The molecule has 1 N–H and O–H groups in total. The highest BCUT2D eigenvalue weighted by atomic mass is 32.1. The number of rotatable bonds is 5. The Kier molecular flexibility index (Phi) is 4.54. The Hall–Kier alpha value is -3.16. The molecule has 5 aromatic rings. The van der Waals surface area contributed by atoms with Gasteiger partial charge in [-0.05, 0) is 42.6 Å². The van der Waals surface area contributed by atoms with Crippen molar-refractivity contribution in [1.29, 1.82) is 0 Å². The molecule has 0 radical (unpaired) electrons. The third-order valence-electron chi connectivity index (χ3n) is 4.45. The van der Waals surface area contributed by atoms with Gasteiger partial charge >= 0.3 is 0 Å². The molecule has 0 spiro atoms. The fourth-order valence-corrected chi connectivity index (χ4v) is 4.99. The van der Waals surface area contributed by atoms with Gasteiger partial charge in [-0.3, -0.25) is 4.79 Å². The number of hydrogen-bond donors (Lipinski definition) is 1. The predicted octanol–water partition coefficient (Wildman–Crippen LogP) is 6.42. The molecule has 0 aliphatic carbocycles. The third kappa shape index (κ3) is 3.28. The zero-order valence-electron chi connectivity index (χ0n) is 15.5. The van der Waals surface area contributed by atoms with Gasteiger partial charge in [0.2, 0.25) is 0 Å². The van der Waals surface area contributed by atoms with Crippen LogP contribution in [0.25, 0.3) is 31.8 Å². The number of carbonyl (C=O) groups is 1. The second-order valence-electron chi connectivity index (χ2n) is 6.32. The maximum Gasteiger partial charge on any atom is 0.292 e. The van der Waals surface area contributed by atoms with Crippen molar-refractivity contribution in [1.82, 2.24) is 4.98 Å². The molecule has 29 heavy (non-hydrogen) atoms. The minimum Gasteiger partial charge on any atom is -0.490 e. The summed E-state index contributed by atoms with van der Waals surface area (Å²) in [4.78, 5) is 17.5. The lowest BCUT2D eigenvalue weighted by atomic mass is 10.2. The van der Waals surface area contributed by atoms with Gasteiger partial charge < -0.3 is 14.5 Å². The Labute approximate surface area is 174 Å². The Morgan fingerprint density at radius 1 is 1.17 bits per heavy atom. The summed E-state index contributed by atoms with van der Waals surface area (Å²) in [6.07, 6.45) is 0. The summed E-state index contributed by atoms with van der Waals surface area (Å²) in [7, 11) is 0. The minimum atomic E-state index is -0.298. The van der Waals surface area contributed by atoms with Crippen molar-refractivity contribution in [3.63, 3.8) is 0 Å². The van der Waals surface area contributed by atoms with Crippen molar-refractivity contribution in [3.05, 3.63) is 65.7 Å². The number of amides is 1. The van der Waals surface area contributed by atoms with Crippen LogP contribution in [0, 0.1) is 0 Å². The second kappa shape index (κ2) is 7.35. The van der Waals surface area contributed by atoms with E-state index in [4.69, 9.17) is 14.1 Å². The number of carbonyl (C=O) groups excluding carboxylic acids is 1. The molecule has 144 valence electrons. The van der Waals surface area contributed by atoms with E-state index in [1.165, 1.54) is 11.3 Å². The van der Waals surface area contributed by atoms with Crippen molar-refractivity contribution in [3.8, 4) is 16.3 Å². The van der Waals surface area contributed by atoms with Crippen LogP contribution < -0.4 is 10.1 Å². The van der Waals surface area contributed by atoms with Crippen molar-refractivity contribution < 1.29 is 13.9 Å². The van der Waals surface area contributed by atoms with Crippen molar-refractivity contribution in [2.75, 3.05) is 11.9 Å². The van der Waals surface area contributed by atoms with Crippen molar-refractivity contribution in [2.24, 2.45) is 0 Å². The van der Waals surface area contributed by atoms with E-state index in [0.717, 1.165) is 31.2 Å². The fraction of sp³-hybridized carbons (Fsp3) is 0.0909. The first kappa shape index (κ1) is 17.9. The van der Waals surface area contributed by atoms with E-state index in [-0.39, 0.29) is 11.7 Å². The average molecular weight is 421 g/mol. The van der Waals surface area contributed by atoms with Crippen LogP contribution >= 0.6 is 22.7 Å². The normalized spacial score (nSPS) is 11.2. The van der Waals surface area contributed by atoms with Crippen LogP contribution in [0.15, 0.2) is 64.4 Å². The lowest BCUT2D eigenvalue weighted by Crippen LogP contribution is -2.10. The van der Waals surface area contributed by atoms with Crippen LogP contribution in [0.3, 0.4) is 0 Å². The molecule has 5 nitrogen and oxygen atoms in total. The quantitative estimate of drug-likeness (QED) is 0.356. The number of anilines is 1. The van der Waals surface area contributed by atoms with E-state index in [1.54, 1.807) is 17.4 Å². The Morgan fingerprint density at radius 2 is 2.07 bits per heavy atom. The molecule has 0 fully saturated rings. The molecule has 1 amide bonds. The number of benzene rings is 2. The largest absolute Gasteiger partial charge is 0.490 e. The summed E-state index contributed by atoms with van der Waals surface area (Å²) in [6.45, 7) is 2.44. The summed E-state index contributed by atoms with van der Waals surface area (Å²) in [5.74, 6) is 0.583. The maximum absolute atomic E-state index is 12.9. The Balaban J connectivity index is 1.45. The first-order valence-corrected chi connectivity index (χ1v) is 10.8. The van der Waals surface area contributed by atoms with Gasteiger partial charge in [0.05, 0.1) is 16.8 Å². The molecule has 3 aromatic heterocycles. The van der Waals surface area contributed by atoms with Gasteiger partial charge in [-0.15, -0.1) is 22.7 Å². The summed E-state index contributed by atoms with van der Waals surface area (Å²) < 4.78 is 12.5. The number of hydrogen-bond acceptors (Lipinski definition) is 6. The molecule has 0 bridgehead atoms. The summed E-state index contributed by atoms with van der Waals surface area (Å²) in [6, 6.07) is 17.3. The molecule has 0 atom stereocenters. The van der Waals surface area contributed by atoms with E-state index in [9.17, 15) is 4.79 Å². The zero-order chi connectivity index (χ0) is 19.8. The van der Waals surface area contributed by atoms with E-state index >= 15 is 0 Å². The van der Waals surface area contributed by atoms with Crippen LogP contribution in [-0.2, 0) is 0 Å². The number of para-hydroxylation sites is 2. The zero-order valence-corrected chi connectivity index (χ0v) is 17.1. The van der Waals surface area contributed by atoms with Gasteiger partial charge in [-0.2, -0.15) is 0 Å². The smallest absolute Gasteiger partial charge is 0.292 e. The summed E-state index contributed by atoms with van der Waals surface area (Å²) in [5, 5.41) is 7.38. The summed E-state index contributed by atoms with van der Waals surface area (Å²) >= 11 is 3.07. The van der Waals surface area contributed by atoms with Gasteiger partial charge in [-0.1, -0.05) is 24.3 Å². The van der Waals surface area contributed by atoms with Crippen LogP contribution in [0.4, 0.5) is 5.00 Å². The molecule has 0 aliphatic rings. The number of thiophene rings is 1. The van der Waals surface area contributed by atoms with Crippen LogP contribution in [0.5, 0.6) is 5.75 Å². The van der Waals surface area contributed by atoms with Crippen molar-refractivity contribution >= 4 is 54.8 Å². The van der Waals surface area contributed by atoms with E-state index in [2.05, 4.69) is 5.32 Å². The van der Waals surface area contributed by atoms with Crippen LogP contribution in [0.1, 0.15) is 17.5 Å². The molecule has 7 heteroatoms. The molecule has 5 rings (SSSR count). The SMILES string of the molecule is CCOc1cccc2cc(C(=O)Nc3sccc3-c3nc4ccccc4s3)oc12. The first-order chi connectivity index (χ1) is 14.2. The first-order valence-electron chi connectivity index (χ1n) is 9.13. The van der Waals surface area contributed by atoms with E-state index in [1.807, 2.05) is 60.8 Å². The summed E-state index contributed by atoms with van der Waals surface area (Å²) in [5.41, 5.74) is 2.45. The number of aromatic nitrogens is 1. The molecule has 0 aliphatic heterocycles. The van der Waals surface area contributed by atoms with E-state index in [0.29, 0.717) is 17.9 Å². The molecule has 0 saturated carbocycles. The molecule has 2 aromatic carbocycles. The number of fused-ring (bicyclic) bond motifs is 2. The van der Waals surface area contributed by atoms with Crippen LogP contribution in [-0.4, -0.2) is 17.5 Å². The molecular weight excluding hydrogens is 404 g/mol. The van der Waals surface area contributed by atoms with Crippen molar-refractivity contribution in [2.45, 2.75) is 6.92 Å². The lowest BCUT2D eigenvalue weighted by Gasteiger charge is -2.03. The second-order valence-corrected chi connectivity index (χ2v) is 8.27. The molecule has 0 unspecified atom stereocenters. The highest BCUT2D eigenvalue weighted by Gasteiger charge is 2.18. The number of furan rings is 1. The average Bonchev–Trinajstić information content (AvgIpc) is 3.45. The van der Waals surface area contributed by atoms with Gasteiger partial charge in [0.25, 0.3) is 5.91 Å². The van der Waals surface area contributed by atoms with Gasteiger partial charge in [0.1, 0.15) is 10.0 Å². The number of thiazole rings is 1. The Bertz CT molecular complexity index is 1300. The van der Waals surface area contributed by atoms with Gasteiger partial charge in [0.15, 0.2) is 17.1 Å². The third-order valence-corrected chi connectivity index (χ3v) is 6.35. The topological polar surface area (TPSA) is 64.4 Å². The highest BCUT2D eigenvalue weighted by Crippen LogP contribution is 2.38.